The van der Waals surface area contributed by atoms with Crippen molar-refractivity contribution in [2.24, 2.45) is 0 Å². The standard InChI is InChI=1S/C21H20N4O3/c1-25(2)21-22-12-17(13-23-21)24-16-6-3-14(4-7-16)5-8-20(28)15-9-18(26)11-19(27)10-15/h3-13,24,26-27H,1-2H3. The number of nitrogens with one attached hydrogen (secondary N) is 1. The summed E-state index contributed by atoms with van der Waals surface area (Å²) < 4.78 is 0. The van der Waals surface area contributed by atoms with Crippen molar-refractivity contribution in [3.63, 3.8) is 0 Å². The zero-order valence-electron chi connectivity index (χ0n) is 15.5. The average molecular weight is 376 g/mol. The lowest BCUT2D eigenvalue weighted by Gasteiger charge is -2.11. The fourth-order valence-electron chi connectivity index (χ4n) is 2.47. The maximum Gasteiger partial charge on any atom is 0.224 e. The molecule has 1 aromatic heterocycles. The molecule has 28 heavy (non-hydrogen) atoms. The van der Waals surface area contributed by atoms with Crippen LogP contribution in [0, 0.1) is 0 Å². The molecular formula is C21H20N4O3. The molecule has 142 valence electrons. The van der Waals surface area contributed by atoms with Gasteiger partial charge in [-0.1, -0.05) is 18.2 Å². The SMILES string of the molecule is CN(C)c1ncc(Nc2ccc(C=CC(=O)c3cc(O)cc(O)c3)cc2)cn1. The Morgan fingerprint density at radius 3 is 2.14 bits per heavy atom. The second kappa shape index (κ2) is 8.22. The number of allylic oxidation sites excluding steroid dienone is 1. The number of rotatable bonds is 6. The molecule has 0 unspecified atom stereocenters. The van der Waals surface area contributed by atoms with Gasteiger partial charge in [-0.2, -0.15) is 0 Å². The Morgan fingerprint density at radius 2 is 1.57 bits per heavy atom. The molecule has 0 bridgehead atoms. The first-order valence-electron chi connectivity index (χ1n) is 8.52. The molecule has 0 aliphatic heterocycles. The largest absolute Gasteiger partial charge is 0.508 e. The molecule has 3 aromatic rings. The normalized spacial score (nSPS) is 10.8. The number of phenols is 2. The molecule has 3 rings (SSSR count). The Hall–Kier alpha value is -3.87. The van der Waals surface area contributed by atoms with Crippen LogP contribution < -0.4 is 10.2 Å². The van der Waals surface area contributed by atoms with Gasteiger partial charge < -0.3 is 20.4 Å². The molecule has 0 radical (unpaired) electrons. The van der Waals surface area contributed by atoms with E-state index in [2.05, 4.69) is 15.3 Å². The number of hydrogen-bond acceptors (Lipinski definition) is 7. The van der Waals surface area contributed by atoms with Crippen LogP contribution in [0.5, 0.6) is 11.5 Å². The highest BCUT2D eigenvalue weighted by Gasteiger charge is 2.05. The summed E-state index contributed by atoms with van der Waals surface area (Å²) >= 11 is 0. The van der Waals surface area contributed by atoms with E-state index in [0.717, 1.165) is 16.9 Å². The van der Waals surface area contributed by atoms with Gasteiger partial charge in [0.05, 0.1) is 18.1 Å². The predicted octanol–water partition coefficient (Wildman–Crippen LogP) is 3.59. The van der Waals surface area contributed by atoms with E-state index < -0.39 is 0 Å². The molecule has 0 spiro atoms. The smallest absolute Gasteiger partial charge is 0.224 e. The number of aromatic nitrogens is 2. The molecule has 0 amide bonds. The van der Waals surface area contributed by atoms with E-state index in [1.54, 1.807) is 18.5 Å². The molecule has 3 N–H and O–H groups in total. The van der Waals surface area contributed by atoms with E-state index in [4.69, 9.17) is 0 Å². The number of carbonyl (C=O) groups is 1. The first-order valence-corrected chi connectivity index (χ1v) is 8.52. The lowest BCUT2D eigenvalue weighted by molar-refractivity contribution is 0.104. The van der Waals surface area contributed by atoms with E-state index in [0.29, 0.717) is 5.95 Å². The maximum absolute atomic E-state index is 12.2. The Balaban J connectivity index is 1.65. The molecule has 7 heteroatoms. The highest BCUT2D eigenvalue weighted by atomic mass is 16.3. The van der Waals surface area contributed by atoms with Gasteiger partial charge in [0, 0.05) is 31.4 Å². The highest BCUT2D eigenvalue weighted by molar-refractivity contribution is 6.07. The topological polar surface area (TPSA) is 98.6 Å². The van der Waals surface area contributed by atoms with E-state index in [-0.39, 0.29) is 22.8 Å². The van der Waals surface area contributed by atoms with Crippen LogP contribution in [0.3, 0.4) is 0 Å². The molecule has 7 nitrogen and oxygen atoms in total. The lowest BCUT2D eigenvalue weighted by Crippen LogP contribution is -2.12. The van der Waals surface area contributed by atoms with E-state index in [9.17, 15) is 15.0 Å². The van der Waals surface area contributed by atoms with Gasteiger partial charge in [-0.05, 0) is 35.9 Å². The Morgan fingerprint density at radius 1 is 0.964 bits per heavy atom. The molecule has 0 saturated heterocycles. The molecule has 0 fully saturated rings. The summed E-state index contributed by atoms with van der Waals surface area (Å²) in [6.45, 7) is 0. The summed E-state index contributed by atoms with van der Waals surface area (Å²) in [4.78, 5) is 22.5. The number of anilines is 3. The van der Waals surface area contributed by atoms with Crippen molar-refractivity contribution in [3.8, 4) is 11.5 Å². The van der Waals surface area contributed by atoms with Gasteiger partial charge >= 0.3 is 0 Å². The molecule has 0 atom stereocenters. The quantitative estimate of drug-likeness (QED) is 0.447. The fraction of sp³-hybridized carbons (Fsp3) is 0.0952. The minimum absolute atomic E-state index is 0.158. The number of ketones is 1. The van der Waals surface area contributed by atoms with Crippen molar-refractivity contribution < 1.29 is 15.0 Å². The number of nitrogens with zero attached hydrogens (tertiary/aromatic N) is 3. The average Bonchev–Trinajstić information content (AvgIpc) is 2.67. The Bertz CT molecular complexity index is 977. The van der Waals surface area contributed by atoms with Gasteiger partial charge in [0.25, 0.3) is 0 Å². The van der Waals surface area contributed by atoms with Crippen LogP contribution in [0.2, 0.25) is 0 Å². The fourth-order valence-corrected chi connectivity index (χ4v) is 2.47. The molecule has 1 heterocycles. The molecule has 0 saturated carbocycles. The number of aromatic hydroxyl groups is 2. The summed E-state index contributed by atoms with van der Waals surface area (Å²) in [5.74, 6) is 0.00632. The highest BCUT2D eigenvalue weighted by Crippen LogP contribution is 2.21. The summed E-state index contributed by atoms with van der Waals surface area (Å²) in [5, 5.41) is 22.1. The van der Waals surface area contributed by atoms with Crippen molar-refractivity contribution in [1.29, 1.82) is 0 Å². The molecular weight excluding hydrogens is 356 g/mol. The minimum atomic E-state index is -0.313. The first-order chi connectivity index (χ1) is 13.4. The van der Waals surface area contributed by atoms with Crippen molar-refractivity contribution in [2.75, 3.05) is 24.3 Å². The van der Waals surface area contributed by atoms with Crippen LogP contribution in [0.4, 0.5) is 17.3 Å². The summed E-state index contributed by atoms with van der Waals surface area (Å²) in [6.07, 6.45) is 6.48. The molecule has 0 aliphatic rings. The van der Waals surface area contributed by atoms with Crippen LogP contribution in [0.25, 0.3) is 6.08 Å². The van der Waals surface area contributed by atoms with Gasteiger partial charge in [-0.25, -0.2) is 9.97 Å². The summed E-state index contributed by atoms with van der Waals surface area (Å²) in [5.41, 5.74) is 2.69. The summed E-state index contributed by atoms with van der Waals surface area (Å²) in [7, 11) is 3.76. The Kier molecular flexibility index (Phi) is 5.55. The van der Waals surface area contributed by atoms with E-state index >= 15 is 0 Å². The summed E-state index contributed by atoms with van der Waals surface area (Å²) in [6, 6.07) is 11.3. The second-order valence-corrected chi connectivity index (χ2v) is 6.35. The van der Waals surface area contributed by atoms with Crippen molar-refractivity contribution in [2.45, 2.75) is 0 Å². The first kappa shape index (κ1) is 18.9. The third-order valence-electron chi connectivity index (χ3n) is 3.85. The van der Waals surface area contributed by atoms with Gasteiger partial charge in [0.1, 0.15) is 11.5 Å². The van der Waals surface area contributed by atoms with Gasteiger partial charge in [0.2, 0.25) is 5.95 Å². The molecule has 2 aromatic carbocycles. The second-order valence-electron chi connectivity index (χ2n) is 6.35. The number of hydrogen-bond donors (Lipinski definition) is 3. The third-order valence-corrected chi connectivity index (χ3v) is 3.85. The van der Waals surface area contributed by atoms with Gasteiger partial charge in [0.15, 0.2) is 5.78 Å². The minimum Gasteiger partial charge on any atom is -0.508 e. The molecule has 0 aliphatic carbocycles. The number of benzene rings is 2. The zero-order valence-corrected chi connectivity index (χ0v) is 15.5. The van der Waals surface area contributed by atoms with E-state index in [1.165, 1.54) is 24.3 Å². The van der Waals surface area contributed by atoms with Crippen LogP contribution in [0.1, 0.15) is 15.9 Å². The van der Waals surface area contributed by atoms with Crippen LogP contribution in [0.15, 0.2) is 60.9 Å². The van der Waals surface area contributed by atoms with Crippen LogP contribution >= 0.6 is 0 Å². The zero-order chi connectivity index (χ0) is 20.1. The van der Waals surface area contributed by atoms with Crippen LogP contribution in [-0.4, -0.2) is 40.1 Å². The predicted molar refractivity (Wildman–Crippen MR) is 109 cm³/mol. The third kappa shape index (κ3) is 4.85. The van der Waals surface area contributed by atoms with Crippen molar-refractivity contribution >= 4 is 29.2 Å². The van der Waals surface area contributed by atoms with Crippen LogP contribution in [-0.2, 0) is 0 Å². The number of carbonyl (C=O) groups excluding carboxylic acids is 1. The lowest BCUT2D eigenvalue weighted by atomic mass is 10.1. The van der Waals surface area contributed by atoms with Crippen molar-refractivity contribution in [3.05, 3.63) is 72.1 Å². The van der Waals surface area contributed by atoms with Gasteiger partial charge in [-0.15, -0.1) is 0 Å². The number of phenolic OH excluding ortho intramolecular Hbond substituents is 2. The monoisotopic (exact) mass is 376 g/mol. The van der Waals surface area contributed by atoms with Gasteiger partial charge in [-0.3, -0.25) is 4.79 Å². The maximum atomic E-state index is 12.2. The Labute approximate surface area is 162 Å². The van der Waals surface area contributed by atoms with E-state index in [1.807, 2.05) is 43.3 Å². The van der Waals surface area contributed by atoms with Crippen molar-refractivity contribution in [1.82, 2.24) is 9.97 Å².